The average Bonchev–Trinajstić information content (AvgIpc) is 3.39. The molecule has 1 saturated carbocycles. The van der Waals surface area contributed by atoms with Crippen LogP contribution in [0.5, 0.6) is 0 Å². The lowest BCUT2D eigenvalue weighted by atomic mass is 9.99. The van der Waals surface area contributed by atoms with Gasteiger partial charge in [-0.15, -0.1) is 0 Å². The van der Waals surface area contributed by atoms with Crippen molar-refractivity contribution >= 4 is 21.5 Å². The molecule has 2 heterocycles. The Morgan fingerprint density at radius 2 is 1.80 bits per heavy atom. The van der Waals surface area contributed by atoms with Gasteiger partial charge in [0.1, 0.15) is 11.9 Å². The summed E-state index contributed by atoms with van der Waals surface area (Å²) in [6, 6.07) is 11.3. The highest BCUT2D eigenvalue weighted by molar-refractivity contribution is 7.93. The summed E-state index contributed by atoms with van der Waals surface area (Å²) < 4.78 is 40.2. The second-order valence-electron chi connectivity index (χ2n) is 10.6. The Bertz CT molecular complexity index is 1300. The zero-order valence-corrected chi connectivity index (χ0v) is 21.0. The Morgan fingerprint density at radius 3 is 2.40 bits per heavy atom. The molecule has 1 aliphatic carbocycles. The number of hydrogen-bond acceptors (Lipinski definition) is 6. The highest BCUT2D eigenvalue weighted by Crippen LogP contribution is 2.45. The van der Waals surface area contributed by atoms with E-state index in [1.807, 2.05) is 18.9 Å². The summed E-state index contributed by atoms with van der Waals surface area (Å²) in [6.45, 7) is 5.06. The summed E-state index contributed by atoms with van der Waals surface area (Å²) >= 11 is 0. The van der Waals surface area contributed by atoms with E-state index < -0.39 is 20.4 Å². The third kappa shape index (κ3) is 4.36. The molecule has 1 N–H and O–H groups in total. The van der Waals surface area contributed by atoms with Crippen LogP contribution in [0.2, 0.25) is 0 Å². The van der Waals surface area contributed by atoms with Crippen molar-refractivity contribution in [2.75, 3.05) is 26.7 Å². The van der Waals surface area contributed by atoms with Crippen LogP contribution in [0.25, 0.3) is 11.1 Å². The van der Waals surface area contributed by atoms with Crippen LogP contribution < -0.4 is 5.32 Å². The van der Waals surface area contributed by atoms with Crippen LogP contribution in [0.4, 0.5) is 4.39 Å². The van der Waals surface area contributed by atoms with E-state index in [0.717, 1.165) is 12.8 Å². The second kappa shape index (κ2) is 8.41. The van der Waals surface area contributed by atoms with Crippen LogP contribution >= 0.6 is 0 Å². The first kappa shape index (κ1) is 23.9. The molecule has 0 bridgehead atoms. The Hall–Kier alpha value is -2.78. The lowest BCUT2D eigenvalue weighted by Gasteiger charge is -2.45. The van der Waals surface area contributed by atoms with E-state index in [-0.39, 0.29) is 22.3 Å². The van der Waals surface area contributed by atoms with Crippen molar-refractivity contribution < 1.29 is 22.4 Å². The second-order valence-corrected chi connectivity index (χ2v) is 13.0. The van der Waals surface area contributed by atoms with Crippen molar-refractivity contribution in [1.29, 1.82) is 0 Å². The number of nitrogens with one attached hydrogen (secondary N) is 1. The number of benzene rings is 2. The molecular weight excluding hydrogens is 469 g/mol. The van der Waals surface area contributed by atoms with Crippen LogP contribution in [0, 0.1) is 11.2 Å². The minimum Gasteiger partial charge on any atom is -0.390 e. The molecule has 0 aromatic heterocycles. The van der Waals surface area contributed by atoms with Crippen LogP contribution in [-0.2, 0) is 19.5 Å². The van der Waals surface area contributed by atoms with Crippen molar-refractivity contribution in [3.05, 3.63) is 53.8 Å². The standard InChI is InChI=1S/C26H30FN3O4S/c1-25(10-11-25)24(31)28-14-19-13-23(29-34-19)18-6-9-21(22(27)12-18)17-4-7-20(8-5-17)35(32,33)26(2)15-30(3)16-26/h4-9,12,19H,10-11,13-16H2,1-3H3,(H,28,31)/t19-/m1/s1. The number of carbonyl (C=O) groups excluding carboxylic acids is 1. The monoisotopic (exact) mass is 499 g/mol. The van der Waals surface area contributed by atoms with Crippen molar-refractivity contribution in [3.8, 4) is 11.1 Å². The van der Waals surface area contributed by atoms with Crippen molar-refractivity contribution in [3.63, 3.8) is 0 Å². The van der Waals surface area contributed by atoms with E-state index >= 15 is 4.39 Å². The number of oxime groups is 1. The molecule has 9 heteroatoms. The molecular formula is C26H30FN3O4S. The van der Waals surface area contributed by atoms with Crippen molar-refractivity contribution in [2.24, 2.45) is 10.6 Å². The molecule has 1 amide bonds. The normalized spacial score (nSPS) is 22.6. The summed E-state index contributed by atoms with van der Waals surface area (Å²) in [5.74, 6) is -0.385. The summed E-state index contributed by atoms with van der Waals surface area (Å²) in [5, 5.41) is 7.01. The fourth-order valence-electron chi connectivity index (χ4n) is 4.84. The number of sulfone groups is 1. The lowest BCUT2D eigenvalue weighted by molar-refractivity contribution is -0.126. The van der Waals surface area contributed by atoms with E-state index in [0.29, 0.717) is 48.5 Å². The minimum absolute atomic E-state index is 0.0397. The average molecular weight is 500 g/mol. The van der Waals surface area contributed by atoms with E-state index in [2.05, 4.69) is 10.5 Å². The highest BCUT2D eigenvalue weighted by atomic mass is 32.2. The quantitative estimate of drug-likeness (QED) is 0.631. The summed E-state index contributed by atoms with van der Waals surface area (Å²) in [4.78, 5) is 19.8. The molecule has 2 aromatic rings. The molecule has 3 aliphatic rings. The van der Waals surface area contributed by atoms with Gasteiger partial charge in [0.25, 0.3) is 0 Å². The first-order chi connectivity index (χ1) is 16.5. The minimum atomic E-state index is -3.47. The maximum Gasteiger partial charge on any atom is 0.226 e. The Kier molecular flexibility index (Phi) is 5.75. The molecule has 186 valence electrons. The third-order valence-corrected chi connectivity index (χ3v) is 9.86. The van der Waals surface area contributed by atoms with Crippen molar-refractivity contribution in [2.45, 2.75) is 48.9 Å². The molecule has 7 nitrogen and oxygen atoms in total. The number of likely N-dealkylation sites (tertiary alicyclic amines) is 1. The zero-order valence-electron chi connectivity index (χ0n) is 20.2. The first-order valence-electron chi connectivity index (χ1n) is 11.9. The summed E-state index contributed by atoms with van der Waals surface area (Å²) in [7, 11) is -1.58. The van der Waals surface area contributed by atoms with Crippen LogP contribution in [0.15, 0.2) is 52.5 Å². The largest absolute Gasteiger partial charge is 0.390 e. The number of halogens is 1. The van der Waals surface area contributed by atoms with Crippen LogP contribution in [-0.4, -0.2) is 62.5 Å². The van der Waals surface area contributed by atoms with Gasteiger partial charge in [0.05, 0.1) is 21.9 Å². The molecule has 35 heavy (non-hydrogen) atoms. The Balaban J connectivity index is 1.24. The van der Waals surface area contributed by atoms with E-state index in [1.165, 1.54) is 6.07 Å². The SMILES string of the molecule is CN1CC(C)(S(=O)(=O)c2ccc(-c3ccc(C4=NO[C@@H](CNC(=O)C5(C)CC5)C4)cc3F)cc2)C1. The van der Waals surface area contributed by atoms with Crippen LogP contribution in [0.3, 0.4) is 0 Å². The molecule has 0 unspecified atom stereocenters. The fraction of sp³-hybridized carbons (Fsp3) is 0.462. The molecule has 1 saturated heterocycles. The van der Waals surface area contributed by atoms with Gasteiger partial charge in [-0.05, 0) is 50.6 Å². The number of amides is 1. The third-order valence-electron chi connectivity index (χ3n) is 7.41. The molecule has 2 fully saturated rings. The van der Waals surface area contributed by atoms with Crippen molar-refractivity contribution in [1.82, 2.24) is 10.2 Å². The maximum atomic E-state index is 15.0. The predicted molar refractivity (Wildman–Crippen MR) is 131 cm³/mol. The number of hydrogen-bond donors (Lipinski definition) is 1. The molecule has 0 spiro atoms. The molecule has 2 aliphatic heterocycles. The molecule has 0 radical (unpaired) electrons. The Morgan fingerprint density at radius 1 is 1.14 bits per heavy atom. The number of carbonyl (C=O) groups is 1. The molecule has 1 atom stereocenters. The van der Waals surface area contributed by atoms with Gasteiger partial charge in [-0.3, -0.25) is 4.79 Å². The van der Waals surface area contributed by atoms with E-state index in [4.69, 9.17) is 4.84 Å². The van der Waals surface area contributed by atoms with Gasteiger partial charge in [-0.2, -0.15) is 0 Å². The highest BCUT2D eigenvalue weighted by Gasteiger charge is 2.48. The fourth-order valence-corrected chi connectivity index (χ4v) is 6.68. The Labute approximate surface area is 205 Å². The van der Waals surface area contributed by atoms with Crippen LogP contribution in [0.1, 0.15) is 38.7 Å². The van der Waals surface area contributed by atoms with Gasteiger partial charge in [0, 0.05) is 36.1 Å². The van der Waals surface area contributed by atoms with E-state index in [9.17, 15) is 13.2 Å². The molecule has 2 aromatic carbocycles. The molecule has 5 rings (SSSR count). The van der Waals surface area contributed by atoms with Gasteiger partial charge in [0.2, 0.25) is 5.91 Å². The summed E-state index contributed by atoms with van der Waals surface area (Å²) in [5.41, 5.74) is 1.99. The predicted octanol–water partition coefficient (Wildman–Crippen LogP) is 3.38. The van der Waals surface area contributed by atoms with Gasteiger partial charge < -0.3 is 15.1 Å². The first-order valence-corrected chi connectivity index (χ1v) is 13.3. The maximum absolute atomic E-state index is 15.0. The summed E-state index contributed by atoms with van der Waals surface area (Å²) in [6.07, 6.45) is 2.03. The van der Waals surface area contributed by atoms with Gasteiger partial charge in [0.15, 0.2) is 9.84 Å². The van der Waals surface area contributed by atoms with E-state index in [1.54, 1.807) is 43.3 Å². The zero-order chi connectivity index (χ0) is 25.0. The topological polar surface area (TPSA) is 88.1 Å². The van der Waals surface area contributed by atoms with Gasteiger partial charge in [-0.25, -0.2) is 12.8 Å². The lowest BCUT2D eigenvalue weighted by Crippen LogP contribution is -2.62. The smallest absolute Gasteiger partial charge is 0.226 e. The number of nitrogens with zero attached hydrogens (tertiary/aromatic N) is 2. The van der Waals surface area contributed by atoms with Gasteiger partial charge in [-0.1, -0.05) is 36.3 Å². The number of rotatable bonds is 7. The van der Waals surface area contributed by atoms with Gasteiger partial charge >= 0.3 is 0 Å².